The largest absolute Gasteiger partial charge is 0.393 e. The van der Waals surface area contributed by atoms with Crippen molar-refractivity contribution < 1.29 is 14.7 Å². The molecule has 0 radical (unpaired) electrons. The van der Waals surface area contributed by atoms with E-state index in [4.69, 9.17) is 0 Å². The molecule has 2 rings (SSSR count). The van der Waals surface area contributed by atoms with Crippen LogP contribution < -0.4 is 5.32 Å². The van der Waals surface area contributed by atoms with Crippen LogP contribution in [0.1, 0.15) is 26.2 Å². The first-order chi connectivity index (χ1) is 7.58. The summed E-state index contributed by atoms with van der Waals surface area (Å²) in [7, 11) is 0. The van der Waals surface area contributed by atoms with Crippen LogP contribution in [0.5, 0.6) is 0 Å². The van der Waals surface area contributed by atoms with Crippen molar-refractivity contribution in [1.82, 2.24) is 10.2 Å². The standard InChI is InChI=1S/C11H18N2O3/c1-7(14)8-4-5-13(6-8)11(16)9-2-3-10(15)12-9/h7-9,14H,2-6H2,1H3,(H,12,15)/t7?,8?,9-/m0/s1. The summed E-state index contributed by atoms with van der Waals surface area (Å²) in [6.45, 7) is 3.07. The summed E-state index contributed by atoms with van der Waals surface area (Å²) in [5.74, 6) is 0.152. The van der Waals surface area contributed by atoms with Crippen molar-refractivity contribution in [1.29, 1.82) is 0 Å². The summed E-state index contributed by atoms with van der Waals surface area (Å²) >= 11 is 0. The Labute approximate surface area is 94.8 Å². The first-order valence-corrected chi connectivity index (χ1v) is 5.84. The maximum absolute atomic E-state index is 12.0. The van der Waals surface area contributed by atoms with Crippen molar-refractivity contribution in [3.63, 3.8) is 0 Å². The molecule has 2 N–H and O–H groups in total. The molecule has 3 atom stereocenters. The maximum Gasteiger partial charge on any atom is 0.245 e. The van der Waals surface area contributed by atoms with Crippen molar-refractivity contribution >= 4 is 11.8 Å². The molecule has 0 aromatic heterocycles. The van der Waals surface area contributed by atoms with Crippen LogP contribution in [-0.4, -0.2) is 47.1 Å². The van der Waals surface area contributed by atoms with E-state index in [-0.39, 0.29) is 29.9 Å². The van der Waals surface area contributed by atoms with Gasteiger partial charge >= 0.3 is 0 Å². The van der Waals surface area contributed by atoms with E-state index in [0.29, 0.717) is 25.9 Å². The number of amides is 2. The van der Waals surface area contributed by atoms with E-state index in [1.165, 1.54) is 0 Å². The van der Waals surface area contributed by atoms with Crippen molar-refractivity contribution in [2.24, 2.45) is 5.92 Å². The Morgan fingerprint density at radius 2 is 2.31 bits per heavy atom. The van der Waals surface area contributed by atoms with Crippen LogP contribution in [0.4, 0.5) is 0 Å². The third-order valence-corrected chi connectivity index (χ3v) is 3.51. The van der Waals surface area contributed by atoms with Gasteiger partial charge in [0.2, 0.25) is 11.8 Å². The van der Waals surface area contributed by atoms with E-state index in [2.05, 4.69) is 5.32 Å². The van der Waals surface area contributed by atoms with Gasteiger partial charge in [0.15, 0.2) is 0 Å². The van der Waals surface area contributed by atoms with Gasteiger partial charge in [0.05, 0.1) is 6.10 Å². The van der Waals surface area contributed by atoms with Gasteiger partial charge in [-0.05, 0) is 19.8 Å². The molecule has 2 aliphatic rings. The predicted molar refractivity (Wildman–Crippen MR) is 57.5 cm³/mol. The van der Waals surface area contributed by atoms with E-state index < -0.39 is 0 Å². The monoisotopic (exact) mass is 226 g/mol. The van der Waals surface area contributed by atoms with Crippen molar-refractivity contribution in [3.8, 4) is 0 Å². The van der Waals surface area contributed by atoms with Crippen LogP contribution in [0.3, 0.4) is 0 Å². The molecule has 2 unspecified atom stereocenters. The molecule has 0 spiro atoms. The van der Waals surface area contributed by atoms with Gasteiger partial charge in [-0.15, -0.1) is 0 Å². The number of aliphatic hydroxyl groups is 1. The average Bonchev–Trinajstić information content (AvgIpc) is 2.84. The zero-order valence-electron chi connectivity index (χ0n) is 9.48. The molecule has 2 saturated heterocycles. The van der Waals surface area contributed by atoms with Crippen LogP contribution in [0.15, 0.2) is 0 Å². The fourth-order valence-electron chi connectivity index (χ4n) is 2.40. The van der Waals surface area contributed by atoms with Crippen LogP contribution in [0.25, 0.3) is 0 Å². The Morgan fingerprint density at radius 3 is 2.81 bits per heavy atom. The second-order valence-electron chi connectivity index (χ2n) is 4.73. The summed E-state index contributed by atoms with van der Waals surface area (Å²) in [5, 5.41) is 12.1. The summed E-state index contributed by atoms with van der Waals surface area (Å²) in [6.07, 6.45) is 1.54. The highest BCUT2D eigenvalue weighted by atomic mass is 16.3. The number of carbonyl (C=O) groups excluding carboxylic acids is 2. The third kappa shape index (κ3) is 2.19. The first kappa shape index (κ1) is 11.4. The second-order valence-corrected chi connectivity index (χ2v) is 4.73. The fourth-order valence-corrected chi connectivity index (χ4v) is 2.40. The van der Waals surface area contributed by atoms with Gasteiger partial charge in [-0.25, -0.2) is 0 Å². The molecular weight excluding hydrogens is 208 g/mol. The molecular formula is C11H18N2O3. The van der Waals surface area contributed by atoms with Gasteiger partial charge in [-0.1, -0.05) is 0 Å². The Kier molecular flexibility index (Phi) is 3.14. The van der Waals surface area contributed by atoms with E-state index in [0.717, 1.165) is 6.42 Å². The predicted octanol–water partition coefficient (Wildman–Crippen LogP) is -0.506. The molecule has 2 aliphatic heterocycles. The zero-order chi connectivity index (χ0) is 11.7. The first-order valence-electron chi connectivity index (χ1n) is 5.84. The van der Waals surface area contributed by atoms with Crippen LogP contribution >= 0.6 is 0 Å². The molecule has 5 heteroatoms. The van der Waals surface area contributed by atoms with Crippen molar-refractivity contribution in [2.75, 3.05) is 13.1 Å². The molecule has 5 nitrogen and oxygen atoms in total. The molecule has 0 aromatic rings. The highest BCUT2D eigenvalue weighted by Gasteiger charge is 2.35. The number of carbonyl (C=O) groups is 2. The highest BCUT2D eigenvalue weighted by molar-refractivity contribution is 5.90. The molecule has 0 bridgehead atoms. The van der Waals surface area contributed by atoms with Crippen LogP contribution in [0, 0.1) is 5.92 Å². The second kappa shape index (κ2) is 4.41. The number of aliphatic hydroxyl groups excluding tert-OH is 1. The lowest BCUT2D eigenvalue weighted by Gasteiger charge is -2.21. The normalized spacial score (nSPS) is 31.6. The molecule has 2 heterocycles. The van der Waals surface area contributed by atoms with Crippen LogP contribution in [-0.2, 0) is 9.59 Å². The van der Waals surface area contributed by atoms with E-state index >= 15 is 0 Å². The fraction of sp³-hybridized carbons (Fsp3) is 0.818. The minimum Gasteiger partial charge on any atom is -0.393 e. The number of hydrogen-bond acceptors (Lipinski definition) is 3. The van der Waals surface area contributed by atoms with Gasteiger partial charge in [0.1, 0.15) is 6.04 Å². The van der Waals surface area contributed by atoms with Gasteiger partial charge in [0, 0.05) is 25.4 Å². The number of hydrogen-bond donors (Lipinski definition) is 2. The Bertz CT molecular complexity index is 304. The number of nitrogens with one attached hydrogen (secondary N) is 1. The molecule has 90 valence electrons. The molecule has 2 amide bonds. The SMILES string of the molecule is CC(O)C1CCN(C(=O)[C@@H]2CCC(=O)N2)C1. The minimum absolute atomic E-state index is 0.00833. The van der Waals surface area contributed by atoms with E-state index in [1.807, 2.05) is 0 Å². The Hall–Kier alpha value is -1.10. The maximum atomic E-state index is 12.0. The van der Waals surface area contributed by atoms with Gasteiger partial charge in [-0.2, -0.15) is 0 Å². The summed E-state index contributed by atoms with van der Waals surface area (Å²) < 4.78 is 0. The smallest absolute Gasteiger partial charge is 0.245 e. The lowest BCUT2D eigenvalue weighted by Crippen LogP contribution is -2.43. The number of rotatable bonds is 2. The van der Waals surface area contributed by atoms with Crippen molar-refractivity contribution in [2.45, 2.75) is 38.3 Å². The number of likely N-dealkylation sites (tertiary alicyclic amines) is 1. The quantitative estimate of drug-likeness (QED) is 0.666. The molecule has 16 heavy (non-hydrogen) atoms. The topological polar surface area (TPSA) is 69.6 Å². The minimum atomic E-state index is -0.365. The van der Waals surface area contributed by atoms with Gasteiger partial charge < -0.3 is 15.3 Å². The number of nitrogens with zero attached hydrogens (tertiary/aromatic N) is 1. The Balaban J connectivity index is 1.89. The lowest BCUT2D eigenvalue weighted by molar-refractivity contribution is -0.133. The van der Waals surface area contributed by atoms with E-state index in [1.54, 1.807) is 11.8 Å². The lowest BCUT2D eigenvalue weighted by atomic mass is 10.0. The van der Waals surface area contributed by atoms with Crippen LogP contribution in [0.2, 0.25) is 0 Å². The summed E-state index contributed by atoms with van der Waals surface area (Å²) in [5.41, 5.74) is 0. The average molecular weight is 226 g/mol. The summed E-state index contributed by atoms with van der Waals surface area (Å²) in [4.78, 5) is 24.8. The van der Waals surface area contributed by atoms with E-state index in [9.17, 15) is 14.7 Å². The van der Waals surface area contributed by atoms with Crippen molar-refractivity contribution in [3.05, 3.63) is 0 Å². The Morgan fingerprint density at radius 1 is 1.56 bits per heavy atom. The molecule has 0 aliphatic carbocycles. The van der Waals surface area contributed by atoms with Gasteiger partial charge in [-0.3, -0.25) is 9.59 Å². The molecule has 2 fully saturated rings. The molecule has 0 aromatic carbocycles. The highest BCUT2D eigenvalue weighted by Crippen LogP contribution is 2.21. The molecule has 0 saturated carbocycles. The third-order valence-electron chi connectivity index (χ3n) is 3.51. The van der Waals surface area contributed by atoms with Gasteiger partial charge in [0.25, 0.3) is 0 Å². The zero-order valence-corrected chi connectivity index (χ0v) is 9.48. The summed E-state index contributed by atoms with van der Waals surface area (Å²) in [6, 6.07) is -0.333.